The summed E-state index contributed by atoms with van der Waals surface area (Å²) in [6.45, 7) is 3.52. The second kappa shape index (κ2) is 10.5. The van der Waals surface area contributed by atoms with Gasteiger partial charge in [0.05, 0.1) is 0 Å². The molecule has 0 saturated carbocycles. The van der Waals surface area contributed by atoms with Crippen LogP contribution in [0.3, 0.4) is 0 Å². The lowest BCUT2D eigenvalue weighted by atomic mass is 10.1. The van der Waals surface area contributed by atoms with Gasteiger partial charge in [-0.25, -0.2) is 9.78 Å². The number of aromatic amines is 1. The third kappa shape index (κ3) is 5.70. The highest BCUT2D eigenvalue weighted by Crippen LogP contribution is 2.20. The number of thiazole rings is 1. The fraction of sp³-hybridized carbons (Fsp3) is 0.391. The number of urea groups is 1. The highest BCUT2D eigenvalue weighted by molar-refractivity contribution is 7.13. The van der Waals surface area contributed by atoms with E-state index in [-0.39, 0.29) is 17.8 Å². The van der Waals surface area contributed by atoms with E-state index >= 15 is 0 Å². The Morgan fingerprint density at radius 2 is 1.91 bits per heavy atom. The Bertz CT molecular complexity index is 1100. The Kier molecular flexibility index (Phi) is 7.23. The van der Waals surface area contributed by atoms with E-state index in [4.69, 9.17) is 0 Å². The summed E-state index contributed by atoms with van der Waals surface area (Å²) < 4.78 is 0. The molecule has 0 bridgehead atoms. The molecule has 1 saturated heterocycles. The molecule has 4 rings (SSSR count). The van der Waals surface area contributed by atoms with Crippen molar-refractivity contribution in [3.63, 3.8) is 0 Å². The van der Waals surface area contributed by atoms with E-state index in [1.807, 2.05) is 29.3 Å². The molecule has 3 heterocycles. The molecule has 1 aromatic carbocycles. The maximum Gasteiger partial charge on any atom is 0.318 e. The van der Waals surface area contributed by atoms with Crippen molar-refractivity contribution in [1.29, 1.82) is 0 Å². The number of rotatable bonds is 7. The number of fused-ring (bicyclic) bond motifs is 1. The number of para-hydroxylation sites is 1. The van der Waals surface area contributed by atoms with Crippen LogP contribution in [0.25, 0.3) is 10.9 Å². The normalized spacial score (nSPS) is 14.8. The van der Waals surface area contributed by atoms with Gasteiger partial charge in [0.1, 0.15) is 6.04 Å². The molecule has 1 atom stereocenters. The van der Waals surface area contributed by atoms with Crippen LogP contribution < -0.4 is 10.6 Å². The van der Waals surface area contributed by atoms with Crippen LogP contribution in [0.2, 0.25) is 0 Å². The first kappa shape index (κ1) is 22.8. The predicted octanol–water partition coefficient (Wildman–Crippen LogP) is 2.83. The number of hydrogen-bond acceptors (Lipinski definition) is 5. The van der Waals surface area contributed by atoms with Crippen LogP contribution in [0.5, 0.6) is 0 Å². The highest BCUT2D eigenvalue weighted by Gasteiger charge is 2.26. The summed E-state index contributed by atoms with van der Waals surface area (Å²) in [4.78, 5) is 48.1. The van der Waals surface area contributed by atoms with Gasteiger partial charge >= 0.3 is 6.03 Å². The number of benzene rings is 1. The highest BCUT2D eigenvalue weighted by atomic mass is 32.1. The van der Waals surface area contributed by atoms with Crippen molar-refractivity contribution >= 4 is 45.2 Å². The maximum atomic E-state index is 12.6. The molecular weight excluding hydrogens is 440 g/mol. The molecule has 1 unspecified atom stereocenters. The van der Waals surface area contributed by atoms with Crippen LogP contribution in [0, 0.1) is 0 Å². The topological polar surface area (TPSA) is 110 Å². The van der Waals surface area contributed by atoms with Gasteiger partial charge in [-0.05, 0) is 31.4 Å². The number of carbonyl (C=O) groups excluding carboxylic acids is 3. The molecule has 0 aliphatic carbocycles. The molecule has 3 aromatic rings. The summed E-state index contributed by atoms with van der Waals surface area (Å²) in [7, 11) is 0. The lowest BCUT2D eigenvalue weighted by Crippen LogP contribution is -2.55. The van der Waals surface area contributed by atoms with E-state index in [2.05, 4.69) is 26.7 Å². The van der Waals surface area contributed by atoms with Crippen molar-refractivity contribution in [1.82, 2.24) is 25.1 Å². The van der Waals surface area contributed by atoms with Gasteiger partial charge in [0, 0.05) is 61.3 Å². The quantitative estimate of drug-likeness (QED) is 0.495. The van der Waals surface area contributed by atoms with E-state index in [1.165, 1.54) is 22.3 Å². The number of carbonyl (C=O) groups is 3. The summed E-state index contributed by atoms with van der Waals surface area (Å²) in [6.07, 6.45) is 5.74. The number of aryl methyl sites for hydroxylation is 1. The van der Waals surface area contributed by atoms with Crippen LogP contribution in [0.15, 0.2) is 42.0 Å². The zero-order valence-corrected chi connectivity index (χ0v) is 19.4. The smallest absolute Gasteiger partial charge is 0.318 e. The molecular formula is C23H28N6O3S. The van der Waals surface area contributed by atoms with Crippen LogP contribution in [0.4, 0.5) is 9.93 Å². The molecule has 10 heteroatoms. The number of nitrogens with one attached hydrogen (secondary N) is 3. The summed E-state index contributed by atoms with van der Waals surface area (Å²) in [5.74, 6) is -0.201. The van der Waals surface area contributed by atoms with Crippen molar-refractivity contribution < 1.29 is 14.4 Å². The summed E-state index contributed by atoms with van der Waals surface area (Å²) in [5.41, 5.74) is 2.34. The Labute approximate surface area is 196 Å². The Morgan fingerprint density at radius 1 is 1.15 bits per heavy atom. The van der Waals surface area contributed by atoms with Crippen molar-refractivity contribution in [2.45, 2.75) is 32.2 Å². The standard InChI is InChI=1S/C23H28N6O3S/c1-16(21(31)27-22-24-9-14-33-22)26-23(32)29-12-10-28(11-13-29)20(30)8-4-5-17-15-25-19-7-3-2-6-18(17)19/h2-3,6-7,9,14-16,25H,4-5,8,10-13H2,1H3,(H,26,32)(H,24,27,31). The van der Waals surface area contributed by atoms with Gasteiger partial charge in [-0.15, -0.1) is 11.3 Å². The van der Waals surface area contributed by atoms with Crippen molar-refractivity contribution in [3.8, 4) is 0 Å². The molecule has 4 amide bonds. The maximum absolute atomic E-state index is 12.6. The van der Waals surface area contributed by atoms with Gasteiger partial charge in [-0.3, -0.25) is 9.59 Å². The van der Waals surface area contributed by atoms with Gasteiger partial charge < -0.3 is 25.4 Å². The average molecular weight is 469 g/mol. The zero-order chi connectivity index (χ0) is 23.2. The van der Waals surface area contributed by atoms with Gasteiger partial charge in [0.2, 0.25) is 11.8 Å². The van der Waals surface area contributed by atoms with E-state index < -0.39 is 6.04 Å². The minimum absolute atomic E-state index is 0.117. The van der Waals surface area contributed by atoms with E-state index in [0.29, 0.717) is 37.7 Å². The molecule has 3 N–H and O–H groups in total. The Hall–Kier alpha value is -3.40. The molecule has 33 heavy (non-hydrogen) atoms. The van der Waals surface area contributed by atoms with E-state index in [1.54, 1.807) is 23.4 Å². The molecule has 1 fully saturated rings. The minimum atomic E-state index is -0.689. The second-order valence-electron chi connectivity index (χ2n) is 8.08. The molecule has 2 aromatic heterocycles. The lowest BCUT2D eigenvalue weighted by molar-refractivity contribution is -0.132. The third-order valence-electron chi connectivity index (χ3n) is 5.83. The van der Waals surface area contributed by atoms with Gasteiger partial charge in [-0.2, -0.15) is 0 Å². The molecule has 0 spiro atoms. The third-order valence-corrected chi connectivity index (χ3v) is 6.52. The Morgan fingerprint density at radius 3 is 2.67 bits per heavy atom. The summed E-state index contributed by atoms with van der Waals surface area (Å²) in [5, 5.41) is 8.86. The number of piperazine rings is 1. The lowest BCUT2D eigenvalue weighted by Gasteiger charge is -2.35. The first-order valence-corrected chi connectivity index (χ1v) is 12.0. The van der Waals surface area contributed by atoms with Crippen LogP contribution in [-0.2, 0) is 16.0 Å². The van der Waals surface area contributed by atoms with Crippen LogP contribution >= 0.6 is 11.3 Å². The number of H-pyrrole nitrogens is 1. The van der Waals surface area contributed by atoms with Crippen molar-refractivity contribution in [2.75, 3.05) is 31.5 Å². The fourth-order valence-corrected chi connectivity index (χ4v) is 4.46. The number of amides is 4. The molecule has 1 aliphatic heterocycles. The summed E-state index contributed by atoms with van der Waals surface area (Å²) >= 11 is 1.32. The van der Waals surface area contributed by atoms with E-state index in [9.17, 15) is 14.4 Å². The molecule has 0 radical (unpaired) electrons. The minimum Gasteiger partial charge on any atom is -0.361 e. The number of hydrogen-bond donors (Lipinski definition) is 3. The summed E-state index contributed by atoms with van der Waals surface area (Å²) in [6, 6.07) is 7.18. The SMILES string of the molecule is CC(NC(=O)N1CCN(C(=O)CCCc2c[nH]c3ccccc23)CC1)C(=O)Nc1nccs1. The predicted molar refractivity (Wildman–Crippen MR) is 128 cm³/mol. The van der Waals surface area contributed by atoms with Crippen molar-refractivity contribution in [3.05, 3.63) is 47.6 Å². The average Bonchev–Trinajstić information content (AvgIpc) is 3.49. The van der Waals surface area contributed by atoms with Gasteiger partial charge in [0.15, 0.2) is 5.13 Å². The number of nitrogens with zero attached hydrogens (tertiary/aromatic N) is 3. The van der Waals surface area contributed by atoms with Crippen LogP contribution in [-0.4, -0.2) is 69.8 Å². The fourth-order valence-electron chi connectivity index (χ4n) is 3.93. The zero-order valence-electron chi connectivity index (χ0n) is 18.5. The second-order valence-corrected chi connectivity index (χ2v) is 8.97. The molecule has 174 valence electrons. The van der Waals surface area contributed by atoms with Crippen LogP contribution in [0.1, 0.15) is 25.3 Å². The first-order valence-electron chi connectivity index (χ1n) is 11.1. The molecule has 1 aliphatic rings. The van der Waals surface area contributed by atoms with Crippen molar-refractivity contribution in [2.24, 2.45) is 0 Å². The first-order chi connectivity index (χ1) is 16.0. The van der Waals surface area contributed by atoms with Gasteiger partial charge in [0.25, 0.3) is 0 Å². The number of aromatic nitrogens is 2. The number of anilines is 1. The van der Waals surface area contributed by atoms with Gasteiger partial charge in [-0.1, -0.05) is 18.2 Å². The van der Waals surface area contributed by atoms with E-state index in [0.717, 1.165) is 18.4 Å². The molecule has 9 nitrogen and oxygen atoms in total. The largest absolute Gasteiger partial charge is 0.361 e. The Balaban J connectivity index is 1.17. The monoisotopic (exact) mass is 468 g/mol.